The number of ether oxygens (including phenoxy) is 1. The molecular weight excluding hydrogens is 321 g/mol. The molecule has 0 amide bonds. The number of hydrogen-bond acceptors (Lipinski definition) is 4. The minimum absolute atomic E-state index is 0.120. The Morgan fingerprint density at radius 1 is 1.39 bits per heavy atom. The van der Waals surface area contributed by atoms with Gasteiger partial charge in [0.25, 0.3) is 0 Å². The van der Waals surface area contributed by atoms with Crippen LogP contribution < -0.4 is 5.46 Å². The summed E-state index contributed by atoms with van der Waals surface area (Å²) in [6, 6.07) is 1.66. The smallest absolute Gasteiger partial charge is 0.423 e. The van der Waals surface area contributed by atoms with Gasteiger partial charge in [-0.15, -0.1) is 0 Å². The summed E-state index contributed by atoms with van der Waals surface area (Å²) in [6.07, 6.45) is 4.92. The molecule has 122 valence electrons. The maximum absolute atomic E-state index is 14.6. The third kappa shape index (κ3) is 2.46. The first-order chi connectivity index (χ1) is 11.0. The normalized spacial score (nSPS) is 23.2. The molecule has 1 aromatic heterocycles. The summed E-state index contributed by atoms with van der Waals surface area (Å²) >= 11 is 6.30. The van der Waals surface area contributed by atoms with Crippen LogP contribution in [0.1, 0.15) is 43.9 Å². The molecule has 1 aliphatic carbocycles. The van der Waals surface area contributed by atoms with Crippen LogP contribution in [0.15, 0.2) is 12.3 Å². The van der Waals surface area contributed by atoms with Crippen LogP contribution in [0.5, 0.6) is 0 Å². The van der Waals surface area contributed by atoms with E-state index in [9.17, 15) is 14.4 Å². The molecule has 5 nitrogen and oxygen atoms in total. The van der Waals surface area contributed by atoms with Crippen LogP contribution in [0.25, 0.3) is 10.9 Å². The predicted octanol–water partition coefficient (Wildman–Crippen LogP) is 2.03. The van der Waals surface area contributed by atoms with E-state index < -0.39 is 12.8 Å². The fourth-order valence-corrected chi connectivity index (χ4v) is 3.78. The van der Waals surface area contributed by atoms with Gasteiger partial charge in [-0.05, 0) is 38.2 Å². The highest BCUT2D eigenvalue weighted by molar-refractivity contribution is 6.63. The van der Waals surface area contributed by atoms with Gasteiger partial charge >= 0.3 is 7.12 Å². The molecule has 1 aliphatic heterocycles. The minimum atomic E-state index is -1.80. The lowest BCUT2D eigenvalue weighted by atomic mass is 9.73. The highest BCUT2D eigenvalue weighted by atomic mass is 35.5. The van der Waals surface area contributed by atoms with E-state index >= 15 is 0 Å². The number of rotatable bonds is 3. The van der Waals surface area contributed by atoms with Crippen molar-refractivity contribution in [1.29, 1.82) is 0 Å². The van der Waals surface area contributed by atoms with Gasteiger partial charge in [0.2, 0.25) is 0 Å². The average molecular weight is 339 g/mol. The second kappa shape index (κ2) is 5.45. The molecular formula is C15H17BClFN2O3. The zero-order valence-electron chi connectivity index (χ0n) is 12.5. The first-order valence-electron chi connectivity index (χ1n) is 7.88. The Hall–Kier alpha value is -1.15. The standard InChI is InChI=1S/C15H17BClFN2O3/c17-10-7-11-9(8-19-20(11)12-3-1-2-6-23-12)14(16(21)22)13(10)15(18)4-5-15/h7-8,12,21-22H,1-6H2. The lowest BCUT2D eigenvalue weighted by Gasteiger charge is -2.24. The van der Waals surface area contributed by atoms with E-state index in [0.29, 0.717) is 30.4 Å². The van der Waals surface area contributed by atoms with E-state index in [4.69, 9.17) is 16.3 Å². The van der Waals surface area contributed by atoms with Gasteiger partial charge < -0.3 is 14.8 Å². The fourth-order valence-electron chi connectivity index (χ4n) is 3.41. The second-order valence-electron chi connectivity index (χ2n) is 6.33. The molecule has 2 N–H and O–H groups in total. The first kappa shape index (κ1) is 15.4. The van der Waals surface area contributed by atoms with Crippen molar-refractivity contribution in [1.82, 2.24) is 9.78 Å². The van der Waals surface area contributed by atoms with Crippen molar-refractivity contribution >= 4 is 35.1 Å². The monoisotopic (exact) mass is 338 g/mol. The Morgan fingerprint density at radius 3 is 2.78 bits per heavy atom. The Morgan fingerprint density at radius 2 is 2.17 bits per heavy atom. The van der Waals surface area contributed by atoms with Crippen molar-refractivity contribution in [2.75, 3.05) is 6.61 Å². The molecule has 8 heteroatoms. The Labute approximate surface area is 138 Å². The van der Waals surface area contributed by atoms with E-state index in [1.54, 1.807) is 10.7 Å². The highest BCUT2D eigenvalue weighted by Gasteiger charge is 2.49. The summed E-state index contributed by atoms with van der Waals surface area (Å²) < 4.78 is 22.1. The zero-order valence-corrected chi connectivity index (χ0v) is 13.3. The number of benzene rings is 1. The van der Waals surface area contributed by atoms with Crippen molar-refractivity contribution in [2.24, 2.45) is 0 Å². The fraction of sp³-hybridized carbons (Fsp3) is 0.533. The van der Waals surface area contributed by atoms with Crippen LogP contribution in [-0.2, 0) is 10.4 Å². The van der Waals surface area contributed by atoms with Gasteiger partial charge in [0.15, 0.2) is 6.23 Å². The summed E-state index contributed by atoms with van der Waals surface area (Å²) in [4.78, 5) is 0. The molecule has 2 aromatic rings. The number of aromatic nitrogens is 2. The maximum atomic E-state index is 14.6. The maximum Gasteiger partial charge on any atom is 0.489 e. The van der Waals surface area contributed by atoms with Crippen LogP contribution in [-0.4, -0.2) is 33.6 Å². The van der Waals surface area contributed by atoms with Crippen molar-refractivity contribution in [2.45, 2.75) is 44.0 Å². The molecule has 1 aromatic carbocycles. The molecule has 1 unspecified atom stereocenters. The van der Waals surface area contributed by atoms with Gasteiger partial charge in [-0.3, -0.25) is 0 Å². The molecule has 0 bridgehead atoms. The van der Waals surface area contributed by atoms with Crippen LogP contribution in [0, 0.1) is 0 Å². The number of alkyl halides is 1. The molecule has 0 spiro atoms. The first-order valence-corrected chi connectivity index (χ1v) is 8.26. The molecule has 2 fully saturated rings. The molecule has 1 atom stereocenters. The van der Waals surface area contributed by atoms with Crippen molar-refractivity contribution < 1.29 is 19.2 Å². The number of hydrogen-bond donors (Lipinski definition) is 2. The van der Waals surface area contributed by atoms with Gasteiger partial charge in [-0.2, -0.15) is 5.10 Å². The second-order valence-corrected chi connectivity index (χ2v) is 6.74. The van der Waals surface area contributed by atoms with Crippen LogP contribution in [0.4, 0.5) is 4.39 Å². The molecule has 1 saturated carbocycles. The molecule has 0 radical (unpaired) electrons. The Bertz CT molecular complexity index is 757. The zero-order chi connectivity index (χ0) is 16.2. The summed E-state index contributed by atoms with van der Waals surface area (Å²) in [5.74, 6) is 0. The van der Waals surface area contributed by atoms with Gasteiger partial charge in [0, 0.05) is 28.0 Å². The number of fused-ring (bicyclic) bond motifs is 1. The predicted molar refractivity (Wildman–Crippen MR) is 85.4 cm³/mol. The van der Waals surface area contributed by atoms with Gasteiger partial charge in [-0.25, -0.2) is 9.07 Å². The summed E-state index contributed by atoms with van der Waals surface area (Å²) in [6.45, 7) is 0.668. The van der Waals surface area contributed by atoms with Crippen LogP contribution in [0.3, 0.4) is 0 Å². The van der Waals surface area contributed by atoms with Crippen LogP contribution in [0.2, 0.25) is 5.02 Å². The number of halogens is 2. The van der Waals surface area contributed by atoms with E-state index in [1.807, 2.05) is 0 Å². The van der Waals surface area contributed by atoms with Gasteiger partial charge in [-0.1, -0.05) is 11.6 Å². The van der Waals surface area contributed by atoms with Gasteiger partial charge in [0.1, 0.15) is 5.67 Å². The van der Waals surface area contributed by atoms with Crippen LogP contribution >= 0.6 is 11.6 Å². The van der Waals surface area contributed by atoms with Crippen molar-refractivity contribution in [3.63, 3.8) is 0 Å². The topological polar surface area (TPSA) is 67.5 Å². The molecule has 2 aliphatic rings. The number of nitrogens with zero attached hydrogens (tertiary/aromatic N) is 2. The van der Waals surface area contributed by atoms with E-state index in [0.717, 1.165) is 19.3 Å². The highest BCUT2D eigenvalue weighted by Crippen LogP contribution is 2.51. The largest absolute Gasteiger partial charge is 0.489 e. The summed E-state index contributed by atoms with van der Waals surface area (Å²) in [5.41, 5.74) is -0.619. The summed E-state index contributed by atoms with van der Waals surface area (Å²) in [5, 5.41) is 24.7. The quantitative estimate of drug-likeness (QED) is 0.840. The summed E-state index contributed by atoms with van der Waals surface area (Å²) in [7, 11) is -1.80. The molecule has 2 heterocycles. The van der Waals surface area contributed by atoms with Crippen molar-refractivity contribution in [3.05, 3.63) is 22.8 Å². The minimum Gasteiger partial charge on any atom is -0.423 e. The third-order valence-electron chi connectivity index (χ3n) is 4.72. The SMILES string of the molecule is OB(O)c1c(C2(F)CC2)c(Cl)cc2c1cnn2C1CCCCO1. The average Bonchev–Trinajstić information content (AvgIpc) is 3.13. The molecule has 23 heavy (non-hydrogen) atoms. The molecule has 1 saturated heterocycles. The molecule has 4 rings (SSSR count). The van der Waals surface area contributed by atoms with Crippen molar-refractivity contribution in [3.8, 4) is 0 Å². The Balaban J connectivity index is 1.91. The van der Waals surface area contributed by atoms with E-state index in [-0.39, 0.29) is 22.3 Å². The third-order valence-corrected chi connectivity index (χ3v) is 5.02. The van der Waals surface area contributed by atoms with E-state index in [1.165, 1.54) is 6.20 Å². The van der Waals surface area contributed by atoms with E-state index in [2.05, 4.69) is 5.10 Å². The Kier molecular flexibility index (Phi) is 3.64. The lowest BCUT2D eigenvalue weighted by Crippen LogP contribution is -2.36. The van der Waals surface area contributed by atoms with Gasteiger partial charge in [0.05, 0.1) is 11.7 Å². The lowest BCUT2D eigenvalue weighted by molar-refractivity contribution is -0.0366.